The van der Waals surface area contributed by atoms with Gasteiger partial charge in [-0.25, -0.2) is 0 Å². The van der Waals surface area contributed by atoms with Gasteiger partial charge in [0.25, 0.3) is 0 Å². The molecule has 0 fully saturated rings. The van der Waals surface area contributed by atoms with Crippen LogP contribution in [0.2, 0.25) is 0 Å². The zero-order valence-electron chi connectivity index (χ0n) is 11.2. The first-order valence-corrected chi connectivity index (χ1v) is 5.92. The van der Waals surface area contributed by atoms with E-state index in [4.69, 9.17) is 0 Å². The summed E-state index contributed by atoms with van der Waals surface area (Å²) < 4.78 is 1.74. The Bertz CT molecular complexity index is 364. The Balaban J connectivity index is 2.63. The lowest BCUT2D eigenvalue weighted by Crippen LogP contribution is -2.39. The van der Waals surface area contributed by atoms with Crippen molar-refractivity contribution in [2.75, 3.05) is 12.4 Å². The van der Waals surface area contributed by atoms with Gasteiger partial charge in [0.2, 0.25) is 5.91 Å². The minimum Gasteiger partial charge on any atom is -0.309 e. The average molecular weight is 238 g/mol. The van der Waals surface area contributed by atoms with Gasteiger partial charge in [-0.3, -0.25) is 9.48 Å². The standard InChI is InChI=1S/C12H22N4O/c1-8(2)6-10(13-4)12(17)14-11-7-9(3)16(5)15-11/h7-8,10,13H,6H2,1-5H3,(H,14,15,17). The maximum absolute atomic E-state index is 12.0. The highest BCUT2D eigenvalue weighted by molar-refractivity contribution is 5.94. The lowest BCUT2D eigenvalue weighted by atomic mass is 10.0. The number of hydrogen-bond donors (Lipinski definition) is 2. The van der Waals surface area contributed by atoms with Gasteiger partial charge in [0.15, 0.2) is 5.82 Å². The van der Waals surface area contributed by atoms with Crippen LogP contribution in [0, 0.1) is 12.8 Å². The van der Waals surface area contributed by atoms with Crippen LogP contribution < -0.4 is 10.6 Å². The van der Waals surface area contributed by atoms with Crippen LogP contribution >= 0.6 is 0 Å². The molecule has 1 aromatic rings. The molecule has 1 heterocycles. The molecule has 0 aliphatic heterocycles. The summed E-state index contributed by atoms with van der Waals surface area (Å²) in [5.41, 5.74) is 1.02. The van der Waals surface area contributed by atoms with Crippen LogP contribution in [-0.4, -0.2) is 28.8 Å². The summed E-state index contributed by atoms with van der Waals surface area (Å²) in [5, 5.41) is 10.1. The van der Waals surface area contributed by atoms with Gasteiger partial charge < -0.3 is 10.6 Å². The zero-order valence-corrected chi connectivity index (χ0v) is 11.2. The molecule has 0 saturated carbocycles. The molecule has 0 aliphatic carbocycles. The maximum atomic E-state index is 12.0. The minimum absolute atomic E-state index is 0.0284. The third kappa shape index (κ3) is 3.85. The van der Waals surface area contributed by atoms with Crippen molar-refractivity contribution in [1.29, 1.82) is 0 Å². The SMILES string of the molecule is CNC(CC(C)C)C(=O)Nc1cc(C)n(C)n1. The van der Waals surface area contributed by atoms with Crippen LogP contribution in [0.3, 0.4) is 0 Å². The molecule has 5 nitrogen and oxygen atoms in total. The minimum atomic E-state index is -0.169. The summed E-state index contributed by atoms with van der Waals surface area (Å²) in [5.74, 6) is 1.06. The number of amides is 1. The molecule has 2 N–H and O–H groups in total. The van der Waals surface area contributed by atoms with E-state index in [9.17, 15) is 4.79 Å². The summed E-state index contributed by atoms with van der Waals surface area (Å²) in [6.45, 7) is 6.15. The Kier molecular flexibility index (Phi) is 4.69. The van der Waals surface area contributed by atoms with Gasteiger partial charge in [0.1, 0.15) is 0 Å². The third-order valence-electron chi connectivity index (χ3n) is 2.74. The first-order chi connectivity index (χ1) is 7.93. The molecular formula is C12H22N4O. The van der Waals surface area contributed by atoms with Gasteiger partial charge in [-0.15, -0.1) is 0 Å². The van der Waals surface area contributed by atoms with Gasteiger partial charge in [-0.1, -0.05) is 13.8 Å². The van der Waals surface area contributed by atoms with Gasteiger partial charge >= 0.3 is 0 Å². The van der Waals surface area contributed by atoms with Crippen molar-refractivity contribution < 1.29 is 4.79 Å². The average Bonchev–Trinajstić information content (AvgIpc) is 2.54. The molecule has 1 amide bonds. The fourth-order valence-corrected chi connectivity index (χ4v) is 1.66. The monoisotopic (exact) mass is 238 g/mol. The maximum Gasteiger partial charge on any atom is 0.242 e. The van der Waals surface area contributed by atoms with E-state index < -0.39 is 0 Å². The number of nitrogens with one attached hydrogen (secondary N) is 2. The number of carbonyl (C=O) groups excluding carboxylic acids is 1. The van der Waals surface area contributed by atoms with Crippen molar-refractivity contribution in [1.82, 2.24) is 15.1 Å². The first-order valence-electron chi connectivity index (χ1n) is 5.92. The Morgan fingerprint density at radius 2 is 2.18 bits per heavy atom. The smallest absolute Gasteiger partial charge is 0.242 e. The van der Waals surface area contributed by atoms with Crippen LogP contribution in [0.25, 0.3) is 0 Å². The number of aryl methyl sites for hydroxylation is 2. The second-order valence-electron chi connectivity index (χ2n) is 4.75. The molecule has 96 valence electrons. The Labute approximate surface area is 103 Å². The summed E-state index contributed by atoms with van der Waals surface area (Å²) >= 11 is 0. The van der Waals surface area contributed by atoms with Crippen LogP contribution in [0.1, 0.15) is 26.0 Å². The van der Waals surface area contributed by atoms with E-state index in [0.717, 1.165) is 12.1 Å². The molecule has 0 bridgehead atoms. The Hall–Kier alpha value is -1.36. The highest BCUT2D eigenvalue weighted by Gasteiger charge is 2.18. The van der Waals surface area contributed by atoms with Crippen molar-refractivity contribution in [3.8, 4) is 0 Å². The van der Waals surface area contributed by atoms with Crippen molar-refractivity contribution in [2.45, 2.75) is 33.2 Å². The molecule has 0 aliphatic rings. The van der Waals surface area contributed by atoms with E-state index in [1.165, 1.54) is 0 Å². The van der Waals surface area contributed by atoms with Crippen LogP contribution in [0.15, 0.2) is 6.07 Å². The molecule has 1 atom stereocenters. The Morgan fingerprint density at radius 3 is 2.59 bits per heavy atom. The number of likely N-dealkylation sites (N-methyl/N-ethyl adjacent to an activating group) is 1. The summed E-state index contributed by atoms with van der Waals surface area (Å²) in [4.78, 5) is 12.0. The number of anilines is 1. The van der Waals surface area contributed by atoms with E-state index in [1.54, 1.807) is 11.7 Å². The predicted molar refractivity (Wildman–Crippen MR) is 68.9 cm³/mol. The van der Waals surface area contributed by atoms with Crippen LogP contribution in [-0.2, 0) is 11.8 Å². The first kappa shape index (κ1) is 13.7. The molecule has 1 rings (SSSR count). The second kappa shape index (κ2) is 5.82. The number of rotatable bonds is 5. The number of carbonyl (C=O) groups is 1. The van der Waals surface area contributed by atoms with Crippen molar-refractivity contribution >= 4 is 11.7 Å². The lowest BCUT2D eigenvalue weighted by Gasteiger charge is -2.16. The Morgan fingerprint density at radius 1 is 1.53 bits per heavy atom. The lowest BCUT2D eigenvalue weighted by molar-refractivity contribution is -0.118. The third-order valence-corrected chi connectivity index (χ3v) is 2.74. The number of nitrogens with zero attached hydrogens (tertiary/aromatic N) is 2. The fourth-order valence-electron chi connectivity index (χ4n) is 1.66. The largest absolute Gasteiger partial charge is 0.309 e. The summed E-state index contributed by atoms with van der Waals surface area (Å²) in [6.07, 6.45) is 0.814. The molecule has 17 heavy (non-hydrogen) atoms. The molecule has 1 unspecified atom stereocenters. The highest BCUT2D eigenvalue weighted by Crippen LogP contribution is 2.10. The fraction of sp³-hybridized carbons (Fsp3) is 0.667. The van der Waals surface area contributed by atoms with Gasteiger partial charge in [-0.05, 0) is 26.3 Å². The van der Waals surface area contributed by atoms with Crippen molar-refractivity contribution in [2.24, 2.45) is 13.0 Å². The number of aromatic nitrogens is 2. The van der Waals surface area contributed by atoms with Crippen LogP contribution in [0.4, 0.5) is 5.82 Å². The summed E-state index contributed by atoms with van der Waals surface area (Å²) in [6, 6.07) is 1.69. The molecule has 0 saturated heterocycles. The molecule has 5 heteroatoms. The van der Waals surface area contributed by atoms with Gasteiger partial charge in [0, 0.05) is 18.8 Å². The predicted octanol–water partition coefficient (Wildman–Crippen LogP) is 1.30. The topological polar surface area (TPSA) is 59.0 Å². The van der Waals surface area contributed by atoms with E-state index in [-0.39, 0.29) is 11.9 Å². The van der Waals surface area contributed by atoms with Gasteiger partial charge in [-0.2, -0.15) is 5.10 Å². The molecular weight excluding hydrogens is 216 g/mol. The van der Waals surface area contributed by atoms with Gasteiger partial charge in [0.05, 0.1) is 6.04 Å². The molecule has 1 aromatic heterocycles. The van der Waals surface area contributed by atoms with E-state index in [1.807, 2.05) is 20.0 Å². The summed E-state index contributed by atoms with van der Waals surface area (Å²) in [7, 11) is 3.66. The molecule has 0 aromatic carbocycles. The van der Waals surface area contributed by atoms with Crippen molar-refractivity contribution in [3.05, 3.63) is 11.8 Å². The zero-order chi connectivity index (χ0) is 13.0. The second-order valence-corrected chi connectivity index (χ2v) is 4.75. The van der Waals surface area contributed by atoms with E-state index in [0.29, 0.717) is 11.7 Å². The van der Waals surface area contributed by atoms with Crippen molar-refractivity contribution in [3.63, 3.8) is 0 Å². The normalized spacial score (nSPS) is 12.8. The molecule has 0 radical (unpaired) electrons. The molecule has 0 spiro atoms. The van der Waals surface area contributed by atoms with E-state index in [2.05, 4.69) is 29.6 Å². The highest BCUT2D eigenvalue weighted by atomic mass is 16.2. The van der Waals surface area contributed by atoms with E-state index >= 15 is 0 Å². The van der Waals surface area contributed by atoms with Crippen LogP contribution in [0.5, 0.6) is 0 Å². The quantitative estimate of drug-likeness (QED) is 0.813. The number of hydrogen-bond acceptors (Lipinski definition) is 3.